The van der Waals surface area contributed by atoms with E-state index in [0.29, 0.717) is 6.42 Å². The Morgan fingerprint density at radius 2 is 2.25 bits per heavy atom. The van der Waals surface area contributed by atoms with E-state index in [-0.39, 0.29) is 11.8 Å². The van der Waals surface area contributed by atoms with Crippen molar-refractivity contribution in [3.8, 4) is 0 Å². The van der Waals surface area contributed by atoms with E-state index >= 15 is 0 Å². The second-order valence-electron chi connectivity index (χ2n) is 4.83. The number of esters is 1. The van der Waals surface area contributed by atoms with Gasteiger partial charge in [-0.25, -0.2) is 4.79 Å². The van der Waals surface area contributed by atoms with E-state index in [2.05, 4.69) is 12.2 Å². The summed E-state index contributed by atoms with van der Waals surface area (Å²) in [5.74, 6) is -0.823. The predicted molar refractivity (Wildman–Crippen MR) is 58.9 cm³/mol. The largest absolute Gasteiger partial charge is 0.447 e. The van der Waals surface area contributed by atoms with E-state index in [1.54, 1.807) is 6.92 Å². The highest BCUT2D eigenvalue weighted by Crippen LogP contribution is 2.45. The SMILES string of the molecule is CCCC[C@@H]1C[C@@]2(C)OC(=O)[C@]1(Cl)NC2=O. The summed E-state index contributed by atoms with van der Waals surface area (Å²) < 4.78 is 5.12. The van der Waals surface area contributed by atoms with Gasteiger partial charge in [-0.1, -0.05) is 31.4 Å². The smallest absolute Gasteiger partial charge is 0.349 e. The summed E-state index contributed by atoms with van der Waals surface area (Å²) in [6.07, 6.45) is 3.40. The quantitative estimate of drug-likeness (QED) is 0.466. The van der Waals surface area contributed by atoms with Crippen molar-refractivity contribution in [2.24, 2.45) is 5.92 Å². The molecule has 3 rings (SSSR count). The predicted octanol–water partition coefficient (Wildman–Crippen LogP) is 1.56. The number of hydrogen-bond donors (Lipinski definition) is 1. The van der Waals surface area contributed by atoms with Crippen LogP contribution in [0.1, 0.15) is 39.5 Å². The number of amides is 1. The fourth-order valence-corrected chi connectivity index (χ4v) is 2.75. The minimum absolute atomic E-state index is 0.0296. The lowest BCUT2D eigenvalue weighted by Crippen LogP contribution is -2.73. The minimum atomic E-state index is -1.33. The Kier molecular flexibility index (Phi) is 2.65. The van der Waals surface area contributed by atoms with Crippen LogP contribution in [0.4, 0.5) is 0 Å². The van der Waals surface area contributed by atoms with Gasteiger partial charge in [-0.15, -0.1) is 0 Å². The maximum absolute atomic E-state index is 11.7. The van der Waals surface area contributed by atoms with Crippen molar-refractivity contribution in [3.05, 3.63) is 0 Å². The molecule has 2 bridgehead atoms. The van der Waals surface area contributed by atoms with Gasteiger partial charge in [0.15, 0.2) is 5.60 Å². The summed E-state index contributed by atoms with van der Waals surface area (Å²) in [6.45, 7) is 3.73. The molecule has 3 saturated heterocycles. The van der Waals surface area contributed by atoms with Gasteiger partial charge in [0.05, 0.1) is 0 Å². The highest BCUT2D eigenvalue weighted by molar-refractivity contribution is 6.36. The molecule has 0 saturated carbocycles. The first-order chi connectivity index (χ1) is 7.42. The average molecular weight is 246 g/mol. The summed E-state index contributed by atoms with van der Waals surface area (Å²) in [5, 5.41) is 2.59. The van der Waals surface area contributed by atoms with Crippen LogP contribution in [0.2, 0.25) is 0 Å². The average Bonchev–Trinajstić information content (AvgIpc) is 2.20. The maximum Gasteiger partial charge on any atom is 0.349 e. The fraction of sp³-hybridized carbons (Fsp3) is 0.818. The van der Waals surface area contributed by atoms with Crippen LogP contribution in [0.3, 0.4) is 0 Å². The number of carbonyl (C=O) groups excluding carboxylic acids is 2. The number of nitrogens with one attached hydrogen (secondary N) is 1. The first-order valence-corrected chi connectivity index (χ1v) is 6.05. The molecule has 5 heteroatoms. The minimum Gasteiger partial charge on any atom is -0.447 e. The molecule has 4 nitrogen and oxygen atoms in total. The van der Waals surface area contributed by atoms with E-state index in [1.807, 2.05) is 0 Å². The molecular weight excluding hydrogens is 230 g/mol. The van der Waals surface area contributed by atoms with Gasteiger partial charge < -0.3 is 10.1 Å². The number of unbranched alkanes of at least 4 members (excludes halogenated alkanes) is 1. The number of halogens is 1. The Morgan fingerprint density at radius 1 is 1.56 bits per heavy atom. The normalized spacial score (nSPS) is 41.8. The van der Waals surface area contributed by atoms with Crippen LogP contribution >= 0.6 is 11.6 Å². The third-order valence-electron chi connectivity index (χ3n) is 3.50. The number of hydrogen-bond acceptors (Lipinski definition) is 3. The van der Waals surface area contributed by atoms with Gasteiger partial charge in [0.1, 0.15) is 0 Å². The molecular formula is C11H16ClNO3. The van der Waals surface area contributed by atoms with Crippen molar-refractivity contribution in [2.75, 3.05) is 0 Å². The van der Waals surface area contributed by atoms with Crippen molar-refractivity contribution < 1.29 is 14.3 Å². The third-order valence-corrected chi connectivity index (χ3v) is 4.05. The van der Waals surface area contributed by atoms with Crippen molar-refractivity contribution in [1.29, 1.82) is 0 Å². The zero-order chi connectivity index (χ0) is 12.0. The van der Waals surface area contributed by atoms with Gasteiger partial charge in [-0.05, 0) is 13.3 Å². The lowest BCUT2D eigenvalue weighted by molar-refractivity contribution is -0.196. The molecule has 3 aliphatic rings. The van der Waals surface area contributed by atoms with Crippen molar-refractivity contribution in [2.45, 2.75) is 50.1 Å². The molecule has 0 aromatic carbocycles. The van der Waals surface area contributed by atoms with Crippen LogP contribution in [0, 0.1) is 5.92 Å². The first kappa shape index (κ1) is 11.7. The highest BCUT2D eigenvalue weighted by atomic mass is 35.5. The summed E-state index contributed by atoms with van der Waals surface area (Å²) in [6, 6.07) is 0. The maximum atomic E-state index is 11.7. The Morgan fingerprint density at radius 3 is 2.88 bits per heavy atom. The molecule has 0 aromatic heterocycles. The lowest BCUT2D eigenvalue weighted by atomic mass is 9.76. The van der Waals surface area contributed by atoms with Crippen molar-refractivity contribution in [3.63, 3.8) is 0 Å². The number of alkyl halides is 1. The number of rotatable bonds is 3. The summed E-state index contributed by atoms with van der Waals surface area (Å²) in [7, 11) is 0. The Bertz CT molecular complexity index is 346. The monoisotopic (exact) mass is 245 g/mol. The van der Waals surface area contributed by atoms with Gasteiger partial charge in [-0.3, -0.25) is 4.79 Å². The third kappa shape index (κ3) is 1.51. The van der Waals surface area contributed by atoms with Gasteiger partial charge in [-0.2, -0.15) is 0 Å². The summed E-state index contributed by atoms with van der Waals surface area (Å²) >= 11 is 6.20. The fourth-order valence-electron chi connectivity index (χ4n) is 2.44. The second-order valence-corrected chi connectivity index (χ2v) is 5.43. The molecule has 0 unspecified atom stereocenters. The molecule has 16 heavy (non-hydrogen) atoms. The van der Waals surface area contributed by atoms with Crippen LogP contribution < -0.4 is 5.32 Å². The van der Waals surface area contributed by atoms with E-state index < -0.39 is 16.6 Å². The lowest BCUT2D eigenvalue weighted by Gasteiger charge is -2.51. The van der Waals surface area contributed by atoms with E-state index in [9.17, 15) is 9.59 Å². The molecule has 1 amide bonds. The second kappa shape index (κ2) is 3.62. The van der Waals surface area contributed by atoms with Gasteiger partial charge >= 0.3 is 5.97 Å². The summed E-state index contributed by atoms with van der Waals surface area (Å²) in [4.78, 5) is 22.1. The van der Waals surface area contributed by atoms with Gasteiger partial charge in [0.25, 0.3) is 5.91 Å². The van der Waals surface area contributed by atoms with E-state index in [4.69, 9.17) is 16.3 Å². The molecule has 1 N–H and O–H groups in total. The molecule has 0 aliphatic carbocycles. The molecule has 0 spiro atoms. The zero-order valence-corrected chi connectivity index (χ0v) is 10.3. The van der Waals surface area contributed by atoms with Crippen LogP contribution in [0.5, 0.6) is 0 Å². The zero-order valence-electron chi connectivity index (χ0n) is 9.51. The van der Waals surface area contributed by atoms with Crippen LogP contribution in [-0.4, -0.2) is 22.5 Å². The summed E-state index contributed by atoms with van der Waals surface area (Å²) in [5.41, 5.74) is -1.02. The molecule has 3 aliphatic heterocycles. The van der Waals surface area contributed by atoms with Gasteiger partial charge in [0.2, 0.25) is 5.00 Å². The Hall–Kier alpha value is -0.770. The molecule has 3 atom stereocenters. The molecule has 3 heterocycles. The number of morpholine rings is 1. The van der Waals surface area contributed by atoms with E-state index in [1.165, 1.54) is 0 Å². The number of carbonyl (C=O) groups is 2. The Labute approximate surface area is 99.7 Å². The topological polar surface area (TPSA) is 55.4 Å². The molecule has 3 fully saturated rings. The molecule has 0 radical (unpaired) electrons. The van der Waals surface area contributed by atoms with Crippen molar-refractivity contribution >= 4 is 23.5 Å². The van der Waals surface area contributed by atoms with Crippen molar-refractivity contribution in [1.82, 2.24) is 5.32 Å². The Balaban J connectivity index is 2.24. The molecule has 90 valence electrons. The highest BCUT2D eigenvalue weighted by Gasteiger charge is 2.63. The number of fused-ring (bicyclic) bond motifs is 3. The number of ether oxygens (including phenoxy) is 1. The van der Waals surface area contributed by atoms with Crippen LogP contribution in [0.15, 0.2) is 0 Å². The first-order valence-electron chi connectivity index (χ1n) is 5.67. The van der Waals surface area contributed by atoms with Crippen LogP contribution in [-0.2, 0) is 14.3 Å². The standard InChI is InChI=1S/C11H16ClNO3/c1-3-4-5-7-6-10(2)8(14)13-11(7,12)9(15)16-10/h7H,3-6H2,1-2H3,(H,13,14)/t7-,10-,11-/m1/s1. The van der Waals surface area contributed by atoms with Crippen LogP contribution in [0.25, 0.3) is 0 Å². The molecule has 0 aromatic rings. The number of piperidine rings is 1. The van der Waals surface area contributed by atoms with Gasteiger partial charge in [0, 0.05) is 12.3 Å². The van der Waals surface area contributed by atoms with E-state index in [0.717, 1.165) is 19.3 Å².